The van der Waals surface area contributed by atoms with E-state index in [0.29, 0.717) is 5.69 Å². The number of thioether (sulfide) groups is 1. The van der Waals surface area contributed by atoms with Crippen molar-refractivity contribution in [3.8, 4) is 0 Å². The molecule has 3 amide bonds. The zero-order valence-electron chi connectivity index (χ0n) is 13.6. The molecule has 0 aliphatic carbocycles. The minimum absolute atomic E-state index is 0.180. The molecule has 7 heteroatoms. The standard InChI is InChI=1S/C16H20N2O4S/c1-16(2,3)22-13(19)9-12-14(20)18(15(21)17-12)10-6-5-7-11(8-10)23-4/h5-8,12H,9H2,1-4H3,(H,17,21)/t12-/m0/s1. The fraction of sp³-hybridized carbons (Fsp3) is 0.438. The highest BCUT2D eigenvalue weighted by atomic mass is 32.2. The van der Waals surface area contributed by atoms with Crippen LogP contribution >= 0.6 is 11.8 Å². The number of hydrogen-bond acceptors (Lipinski definition) is 5. The van der Waals surface area contributed by atoms with Gasteiger partial charge in [-0.2, -0.15) is 0 Å². The first kappa shape index (κ1) is 17.3. The molecule has 1 atom stereocenters. The Morgan fingerprint density at radius 3 is 2.65 bits per heavy atom. The molecule has 6 nitrogen and oxygen atoms in total. The molecule has 1 aliphatic rings. The number of urea groups is 1. The summed E-state index contributed by atoms with van der Waals surface area (Å²) < 4.78 is 5.20. The molecule has 0 unspecified atom stereocenters. The minimum Gasteiger partial charge on any atom is -0.460 e. The second-order valence-corrected chi connectivity index (χ2v) is 7.05. The zero-order valence-corrected chi connectivity index (χ0v) is 14.4. The summed E-state index contributed by atoms with van der Waals surface area (Å²) in [4.78, 5) is 38.4. The van der Waals surface area contributed by atoms with Gasteiger partial charge in [-0.05, 0) is 45.2 Å². The van der Waals surface area contributed by atoms with Crippen LogP contribution in [0, 0.1) is 0 Å². The maximum Gasteiger partial charge on any atom is 0.329 e. The van der Waals surface area contributed by atoms with Gasteiger partial charge < -0.3 is 10.1 Å². The number of carbonyl (C=O) groups is 3. The molecule has 23 heavy (non-hydrogen) atoms. The summed E-state index contributed by atoms with van der Waals surface area (Å²) >= 11 is 1.52. The largest absolute Gasteiger partial charge is 0.460 e. The first-order chi connectivity index (χ1) is 10.7. The smallest absolute Gasteiger partial charge is 0.329 e. The number of hydrogen-bond donors (Lipinski definition) is 1. The van der Waals surface area contributed by atoms with E-state index in [2.05, 4.69) is 5.32 Å². The first-order valence-corrected chi connectivity index (χ1v) is 8.44. The molecule has 0 radical (unpaired) electrons. The molecular weight excluding hydrogens is 316 g/mol. The monoisotopic (exact) mass is 336 g/mol. The maximum absolute atomic E-state index is 12.4. The Balaban J connectivity index is 2.12. The van der Waals surface area contributed by atoms with Crippen molar-refractivity contribution in [3.63, 3.8) is 0 Å². The lowest BCUT2D eigenvalue weighted by atomic mass is 10.1. The Bertz CT molecular complexity index is 639. The van der Waals surface area contributed by atoms with Crippen LogP contribution in [0.5, 0.6) is 0 Å². The van der Waals surface area contributed by atoms with Gasteiger partial charge in [0.25, 0.3) is 5.91 Å². The van der Waals surface area contributed by atoms with E-state index in [0.717, 1.165) is 9.80 Å². The SMILES string of the molecule is CSc1cccc(N2C(=O)N[C@@H](CC(=O)OC(C)(C)C)C2=O)c1. The van der Waals surface area contributed by atoms with Crippen molar-refractivity contribution < 1.29 is 19.1 Å². The third-order valence-corrected chi connectivity index (χ3v) is 3.85. The zero-order chi connectivity index (χ0) is 17.2. The molecule has 1 fully saturated rings. The van der Waals surface area contributed by atoms with Crippen molar-refractivity contribution in [2.24, 2.45) is 0 Å². The molecule has 1 aromatic rings. The van der Waals surface area contributed by atoms with Crippen molar-refractivity contribution in [1.82, 2.24) is 5.32 Å². The van der Waals surface area contributed by atoms with Crippen molar-refractivity contribution >= 4 is 35.4 Å². The summed E-state index contributed by atoms with van der Waals surface area (Å²) in [6, 6.07) is 5.70. The summed E-state index contributed by atoms with van der Waals surface area (Å²) in [6.07, 6.45) is 1.73. The molecule has 0 bridgehead atoms. The number of nitrogens with zero attached hydrogens (tertiary/aromatic N) is 1. The van der Waals surface area contributed by atoms with E-state index >= 15 is 0 Å². The fourth-order valence-corrected chi connectivity index (χ4v) is 2.67. The predicted molar refractivity (Wildman–Crippen MR) is 88.5 cm³/mol. The molecule has 124 valence electrons. The van der Waals surface area contributed by atoms with Crippen LogP contribution in [0.25, 0.3) is 0 Å². The number of anilines is 1. The summed E-state index contributed by atoms with van der Waals surface area (Å²) in [7, 11) is 0. The van der Waals surface area contributed by atoms with E-state index in [9.17, 15) is 14.4 Å². The maximum atomic E-state index is 12.4. The van der Waals surface area contributed by atoms with Gasteiger partial charge in [-0.15, -0.1) is 11.8 Å². The van der Waals surface area contributed by atoms with Crippen LogP contribution in [-0.2, 0) is 14.3 Å². The van der Waals surface area contributed by atoms with Gasteiger partial charge in [0.2, 0.25) is 0 Å². The van der Waals surface area contributed by atoms with E-state index in [-0.39, 0.29) is 6.42 Å². The van der Waals surface area contributed by atoms with Crippen molar-refractivity contribution in [1.29, 1.82) is 0 Å². The Hall–Kier alpha value is -2.02. The molecule has 0 aromatic heterocycles. The van der Waals surface area contributed by atoms with E-state index in [1.165, 1.54) is 11.8 Å². The number of imide groups is 1. The summed E-state index contributed by atoms with van der Waals surface area (Å²) in [5.74, 6) is -0.963. The van der Waals surface area contributed by atoms with Crippen LogP contribution in [0.15, 0.2) is 29.2 Å². The van der Waals surface area contributed by atoms with Gasteiger partial charge in [-0.1, -0.05) is 6.07 Å². The second-order valence-electron chi connectivity index (χ2n) is 6.17. The van der Waals surface area contributed by atoms with Crippen molar-refractivity contribution in [3.05, 3.63) is 24.3 Å². The predicted octanol–water partition coefficient (Wildman–Crippen LogP) is 2.57. The molecule has 0 saturated carbocycles. The van der Waals surface area contributed by atoms with E-state index in [1.54, 1.807) is 39.0 Å². The van der Waals surface area contributed by atoms with Gasteiger partial charge in [0.1, 0.15) is 11.6 Å². The average Bonchev–Trinajstić information content (AvgIpc) is 2.71. The second kappa shape index (κ2) is 6.62. The van der Waals surface area contributed by atoms with Crippen LogP contribution < -0.4 is 10.2 Å². The minimum atomic E-state index is -0.893. The van der Waals surface area contributed by atoms with Gasteiger partial charge in [-0.25, -0.2) is 9.69 Å². The number of ether oxygens (including phenoxy) is 1. The Kier molecular flexibility index (Phi) is 4.99. The van der Waals surface area contributed by atoms with Gasteiger partial charge in [0.05, 0.1) is 12.1 Å². The van der Waals surface area contributed by atoms with E-state index in [4.69, 9.17) is 4.74 Å². The lowest BCUT2D eigenvalue weighted by Gasteiger charge is -2.20. The number of amides is 3. The first-order valence-electron chi connectivity index (χ1n) is 7.21. The number of nitrogens with one attached hydrogen (secondary N) is 1. The van der Waals surface area contributed by atoms with Crippen LogP contribution in [0.4, 0.5) is 10.5 Å². The molecule has 1 heterocycles. The Morgan fingerprint density at radius 1 is 1.35 bits per heavy atom. The van der Waals surface area contributed by atoms with Crippen molar-refractivity contribution in [2.75, 3.05) is 11.2 Å². The molecule has 1 aliphatic heterocycles. The van der Waals surface area contributed by atoms with Gasteiger partial charge in [0.15, 0.2) is 0 Å². The molecular formula is C16H20N2O4S. The highest BCUT2D eigenvalue weighted by Crippen LogP contribution is 2.25. The fourth-order valence-electron chi connectivity index (χ4n) is 2.21. The number of benzene rings is 1. The normalized spacial score (nSPS) is 18.1. The van der Waals surface area contributed by atoms with Crippen molar-refractivity contribution in [2.45, 2.75) is 43.7 Å². The number of esters is 1. The lowest BCUT2D eigenvalue weighted by Crippen LogP contribution is -2.35. The van der Waals surface area contributed by atoms with E-state index in [1.807, 2.05) is 12.3 Å². The highest BCUT2D eigenvalue weighted by Gasteiger charge is 2.40. The van der Waals surface area contributed by atoms with Gasteiger partial charge in [-0.3, -0.25) is 9.59 Å². The van der Waals surface area contributed by atoms with E-state index < -0.39 is 29.6 Å². The third kappa shape index (κ3) is 4.25. The summed E-state index contributed by atoms with van der Waals surface area (Å²) in [6.45, 7) is 5.25. The molecule has 1 saturated heterocycles. The molecule has 1 aromatic carbocycles. The Morgan fingerprint density at radius 2 is 2.04 bits per heavy atom. The molecule has 1 N–H and O–H groups in total. The summed E-state index contributed by atoms with van der Waals surface area (Å²) in [5, 5.41) is 2.54. The lowest BCUT2D eigenvalue weighted by molar-refractivity contribution is -0.156. The topological polar surface area (TPSA) is 75.7 Å². The summed E-state index contributed by atoms with van der Waals surface area (Å²) in [5.41, 5.74) is -0.138. The quantitative estimate of drug-likeness (QED) is 0.519. The van der Waals surface area contributed by atoms with Crippen LogP contribution in [0.1, 0.15) is 27.2 Å². The highest BCUT2D eigenvalue weighted by molar-refractivity contribution is 7.98. The molecule has 0 spiro atoms. The number of carbonyl (C=O) groups excluding carboxylic acids is 3. The van der Waals surface area contributed by atoms with Gasteiger partial charge >= 0.3 is 12.0 Å². The average molecular weight is 336 g/mol. The van der Waals surface area contributed by atoms with Crippen LogP contribution in [-0.4, -0.2) is 35.8 Å². The number of rotatable bonds is 4. The van der Waals surface area contributed by atoms with Crippen LogP contribution in [0.3, 0.4) is 0 Å². The molecule has 2 rings (SSSR count). The van der Waals surface area contributed by atoms with Gasteiger partial charge in [0, 0.05) is 4.90 Å². The van der Waals surface area contributed by atoms with Crippen LogP contribution in [0.2, 0.25) is 0 Å². The third-order valence-electron chi connectivity index (χ3n) is 3.12. The Labute approximate surface area is 139 Å².